The van der Waals surface area contributed by atoms with E-state index in [1.165, 1.54) is 12.1 Å². The van der Waals surface area contributed by atoms with Gasteiger partial charge in [-0.25, -0.2) is 19.3 Å². The van der Waals surface area contributed by atoms with Gasteiger partial charge in [0, 0.05) is 24.7 Å². The monoisotopic (exact) mass is 338 g/mol. The average Bonchev–Trinajstić information content (AvgIpc) is 3.23. The van der Waals surface area contributed by atoms with E-state index in [-0.39, 0.29) is 11.9 Å². The lowest BCUT2D eigenvalue weighted by Crippen LogP contribution is -2.23. The Morgan fingerprint density at radius 3 is 3.00 bits per heavy atom. The van der Waals surface area contributed by atoms with Crippen LogP contribution in [0.5, 0.6) is 0 Å². The average molecular weight is 338 g/mol. The van der Waals surface area contributed by atoms with E-state index in [9.17, 15) is 4.39 Å². The summed E-state index contributed by atoms with van der Waals surface area (Å²) in [5.41, 5.74) is 1.81. The van der Waals surface area contributed by atoms with E-state index < -0.39 is 0 Å². The predicted molar refractivity (Wildman–Crippen MR) is 91.8 cm³/mol. The Kier molecular flexibility index (Phi) is 4.17. The van der Waals surface area contributed by atoms with E-state index in [4.69, 9.17) is 4.42 Å². The summed E-state index contributed by atoms with van der Waals surface area (Å²) in [6.45, 7) is 2.88. The molecule has 25 heavy (non-hydrogen) atoms. The molecular weight excluding hydrogens is 319 g/mol. The molecule has 1 atom stereocenters. The summed E-state index contributed by atoms with van der Waals surface area (Å²) in [6, 6.07) is 8.61. The maximum Gasteiger partial charge on any atom is 0.217 e. The molecule has 0 unspecified atom stereocenters. The van der Waals surface area contributed by atoms with Gasteiger partial charge in [-0.2, -0.15) is 0 Å². The van der Waals surface area contributed by atoms with Crippen molar-refractivity contribution in [2.75, 3.05) is 11.4 Å². The summed E-state index contributed by atoms with van der Waals surface area (Å²) < 4.78 is 19.3. The summed E-state index contributed by atoms with van der Waals surface area (Å²) >= 11 is 0. The van der Waals surface area contributed by atoms with Crippen molar-refractivity contribution in [3.8, 4) is 0 Å². The summed E-state index contributed by atoms with van der Waals surface area (Å²) in [5, 5.41) is 0. The minimum absolute atomic E-state index is 0.0792. The van der Waals surface area contributed by atoms with Gasteiger partial charge in [-0.15, -0.1) is 0 Å². The third-order valence-electron chi connectivity index (χ3n) is 4.46. The van der Waals surface area contributed by atoms with Crippen LogP contribution in [0.3, 0.4) is 0 Å². The number of oxazole rings is 1. The number of hydrogen-bond acceptors (Lipinski definition) is 5. The molecule has 0 N–H and O–H groups in total. The molecule has 0 radical (unpaired) electrons. The van der Waals surface area contributed by atoms with Crippen LogP contribution in [0.4, 0.5) is 10.2 Å². The standard InChI is InChI=1S/C19H19FN4O/c1-13-8-18(23-12-22-13)24-7-3-6-17(24)19-21-11-16(25-19)10-14-4-2-5-15(20)9-14/h2,4-5,8-9,11-12,17H,3,6-7,10H2,1H3/t17-/m0/s1. The molecular formula is C19H19FN4O. The second-order valence-corrected chi connectivity index (χ2v) is 6.34. The second kappa shape index (κ2) is 6.63. The highest BCUT2D eigenvalue weighted by atomic mass is 19.1. The Hall–Kier alpha value is -2.76. The van der Waals surface area contributed by atoms with Gasteiger partial charge in [0.1, 0.15) is 29.8 Å². The SMILES string of the molecule is Cc1cc(N2CCC[C@H]2c2ncc(Cc3cccc(F)c3)o2)ncn1. The highest BCUT2D eigenvalue weighted by Gasteiger charge is 2.31. The minimum Gasteiger partial charge on any atom is -0.443 e. The minimum atomic E-state index is -0.238. The fourth-order valence-electron chi connectivity index (χ4n) is 3.30. The number of anilines is 1. The largest absolute Gasteiger partial charge is 0.443 e. The van der Waals surface area contributed by atoms with Gasteiger partial charge in [0.05, 0.1) is 6.20 Å². The van der Waals surface area contributed by atoms with E-state index in [1.54, 1.807) is 18.6 Å². The van der Waals surface area contributed by atoms with Crippen molar-refractivity contribution in [3.63, 3.8) is 0 Å². The zero-order valence-electron chi connectivity index (χ0n) is 14.0. The van der Waals surface area contributed by atoms with Gasteiger partial charge in [0.15, 0.2) is 0 Å². The van der Waals surface area contributed by atoms with Gasteiger partial charge >= 0.3 is 0 Å². The molecule has 0 spiro atoms. The fraction of sp³-hybridized carbons (Fsp3) is 0.316. The molecule has 4 rings (SSSR count). The smallest absolute Gasteiger partial charge is 0.217 e. The number of rotatable bonds is 4. The molecule has 0 amide bonds. The molecule has 6 heteroatoms. The molecule has 0 saturated carbocycles. The van der Waals surface area contributed by atoms with Crippen LogP contribution in [0.15, 0.2) is 47.3 Å². The van der Waals surface area contributed by atoms with Crippen LogP contribution in [0, 0.1) is 12.7 Å². The van der Waals surface area contributed by atoms with Crippen LogP contribution in [0.25, 0.3) is 0 Å². The van der Waals surface area contributed by atoms with E-state index >= 15 is 0 Å². The Bertz CT molecular complexity index is 879. The van der Waals surface area contributed by atoms with Crippen molar-refractivity contribution in [1.82, 2.24) is 15.0 Å². The third kappa shape index (κ3) is 3.38. The summed E-state index contributed by atoms with van der Waals surface area (Å²) in [7, 11) is 0. The first-order chi connectivity index (χ1) is 12.2. The van der Waals surface area contributed by atoms with Gasteiger partial charge in [0.25, 0.3) is 0 Å². The zero-order chi connectivity index (χ0) is 17.2. The topological polar surface area (TPSA) is 55.1 Å². The van der Waals surface area contributed by atoms with E-state index in [2.05, 4.69) is 19.9 Å². The maximum atomic E-state index is 13.3. The molecule has 1 fully saturated rings. The number of halogens is 1. The molecule has 2 aromatic heterocycles. The third-order valence-corrected chi connectivity index (χ3v) is 4.46. The number of nitrogens with zero attached hydrogens (tertiary/aromatic N) is 4. The van der Waals surface area contributed by atoms with Gasteiger partial charge in [-0.05, 0) is 37.5 Å². The molecule has 1 saturated heterocycles. The van der Waals surface area contributed by atoms with Gasteiger partial charge in [0.2, 0.25) is 5.89 Å². The summed E-state index contributed by atoms with van der Waals surface area (Å²) in [4.78, 5) is 15.2. The van der Waals surface area contributed by atoms with Crippen LogP contribution in [-0.4, -0.2) is 21.5 Å². The zero-order valence-corrected chi connectivity index (χ0v) is 14.0. The lowest BCUT2D eigenvalue weighted by molar-refractivity contribution is 0.424. The van der Waals surface area contributed by atoms with Crippen molar-refractivity contribution < 1.29 is 8.81 Å². The highest BCUT2D eigenvalue weighted by molar-refractivity contribution is 5.42. The van der Waals surface area contributed by atoms with Crippen LogP contribution < -0.4 is 4.90 Å². The Labute approximate surface area is 145 Å². The Balaban J connectivity index is 1.54. The van der Waals surface area contributed by atoms with E-state index in [0.717, 1.165) is 42.2 Å². The lowest BCUT2D eigenvalue weighted by Gasteiger charge is -2.23. The first kappa shape index (κ1) is 15.7. The number of hydrogen-bond donors (Lipinski definition) is 0. The first-order valence-corrected chi connectivity index (χ1v) is 8.43. The first-order valence-electron chi connectivity index (χ1n) is 8.43. The van der Waals surface area contributed by atoms with Crippen molar-refractivity contribution in [3.05, 3.63) is 71.6 Å². The van der Waals surface area contributed by atoms with E-state index in [0.29, 0.717) is 12.3 Å². The molecule has 5 nitrogen and oxygen atoms in total. The Morgan fingerprint density at radius 2 is 2.16 bits per heavy atom. The van der Waals surface area contributed by atoms with Gasteiger partial charge in [-0.1, -0.05) is 12.1 Å². The van der Waals surface area contributed by atoms with Crippen LogP contribution >= 0.6 is 0 Å². The second-order valence-electron chi connectivity index (χ2n) is 6.34. The maximum absolute atomic E-state index is 13.3. The number of aromatic nitrogens is 3. The number of aryl methyl sites for hydroxylation is 1. The predicted octanol–water partition coefficient (Wildman–Crippen LogP) is 3.84. The molecule has 3 aromatic rings. The molecule has 0 aliphatic carbocycles. The highest BCUT2D eigenvalue weighted by Crippen LogP contribution is 2.35. The molecule has 1 aliphatic rings. The Morgan fingerprint density at radius 1 is 1.24 bits per heavy atom. The number of benzene rings is 1. The van der Waals surface area contributed by atoms with Gasteiger partial charge in [-0.3, -0.25) is 0 Å². The lowest BCUT2D eigenvalue weighted by atomic mass is 10.1. The molecule has 1 aliphatic heterocycles. The van der Waals surface area contributed by atoms with Crippen molar-refractivity contribution in [2.24, 2.45) is 0 Å². The molecule has 3 heterocycles. The van der Waals surface area contributed by atoms with Crippen molar-refractivity contribution >= 4 is 5.82 Å². The molecule has 1 aromatic carbocycles. The van der Waals surface area contributed by atoms with E-state index in [1.807, 2.05) is 19.1 Å². The molecule has 128 valence electrons. The van der Waals surface area contributed by atoms with Crippen molar-refractivity contribution in [1.29, 1.82) is 0 Å². The molecule has 0 bridgehead atoms. The van der Waals surface area contributed by atoms with Crippen LogP contribution in [0.2, 0.25) is 0 Å². The van der Waals surface area contributed by atoms with Crippen LogP contribution in [0.1, 0.15) is 41.8 Å². The quantitative estimate of drug-likeness (QED) is 0.723. The normalized spacial score (nSPS) is 17.2. The fourth-order valence-corrected chi connectivity index (χ4v) is 3.30. The summed E-state index contributed by atoms with van der Waals surface area (Å²) in [6.07, 6.45) is 5.90. The van der Waals surface area contributed by atoms with Gasteiger partial charge < -0.3 is 9.32 Å². The van der Waals surface area contributed by atoms with Crippen molar-refractivity contribution in [2.45, 2.75) is 32.2 Å². The summed E-state index contributed by atoms with van der Waals surface area (Å²) in [5.74, 6) is 2.10. The van der Waals surface area contributed by atoms with Crippen LogP contribution in [-0.2, 0) is 6.42 Å².